The standard InChI is InChI=1S/C20H28FNO3/c1-14-11-16(3-4-18(14)21)12-19(23)22-8-7-20(24,15(2)13-22)17-5-9-25-10-6-17/h3-4,11,15,17,24H,5-10,12-13H2,1-2H3. The van der Waals surface area contributed by atoms with Crippen molar-refractivity contribution in [1.29, 1.82) is 0 Å². The van der Waals surface area contributed by atoms with E-state index in [1.807, 2.05) is 11.8 Å². The molecule has 2 heterocycles. The number of aryl methyl sites for hydroxylation is 1. The molecule has 3 rings (SSSR count). The largest absolute Gasteiger partial charge is 0.389 e. The van der Waals surface area contributed by atoms with Gasteiger partial charge >= 0.3 is 0 Å². The zero-order valence-corrected chi connectivity index (χ0v) is 15.1. The quantitative estimate of drug-likeness (QED) is 0.913. The van der Waals surface area contributed by atoms with Gasteiger partial charge in [-0.15, -0.1) is 0 Å². The van der Waals surface area contributed by atoms with Crippen LogP contribution in [0.2, 0.25) is 0 Å². The van der Waals surface area contributed by atoms with Crippen LogP contribution in [0.15, 0.2) is 18.2 Å². The van der Waals surface area contributed by atoms with Crippen LogP contribution in [0.5, 0.6) is 0 Å². The molecule has 2 saturated heterocycles. The Hall–Kier alpha value is -1.46. The van der Waals surface area contributed by atoms with Crippen LogP contribution in [-0.2, 0) is 16.0 Å². The number of benzene rings is 1. The molecule has 0 radical (unpaired) electrons. The highest BCUT2D eigenvalue weighted by atomic mass is 19.1. The van der Waals surface area contributed by atoms with E-state index in [9.17, 15) is 14.3 Å². The molecule has 2 aliphatic rings. The van der Waals surface area contributed by atoms with Gasteiger partial charge in [-0.1, -0.05) is 19.1 Å². The smallest absolute Gasteiger partial charge is 0.227 e. The molecule has 0 bridgehead atoms. The molecule has 0 spiro atoms. The predicted molar refractivity (Wildman–Crippen MR) is 93.7 cm³/mol. The highest BCUT2D eigenvalue weighted by molar-refractivity contribution is 5.79. The van der Waals surface area contributed by atoms with Crippen LogP contribution >= 0.6 is 0 Å². The van der Waals surface area contributed by atoms with Crippen molar-refractivity contribution < 1.29 is 19.0 Å². The number of carbonyl (C=O) groups is 1. The first-order chi connectivity index (χ1) is 11.9. The number of ether oxygens (including phenoxy) is 1. The van der Waals surface area contributed by atoms with Gasteiger partial charge in [-0.2, -0.15) is 0 Å². The van der Waals surface area contributed by atoms with Crippen molar-refractivity contribution in [2.45, 2.75) is 45.1 Å². The van der Waals surface area contributed by atoms with Crippen molar-refractivity contribution in [2.75, 3.05) is 26.3 Å². The molecule has 1 aromatic rings. The van der Waals surface area contributed by atoms with E-state index in [2.05, 4.69) is 0 Å². The van der Waals surface area contributed by atoms with E-state index in [1.165, 1.54) is 6.07 Å². The highest BCUT2D eigenvalue weighted by Crippen LogP contribution is 2.39. The van der Waals surface area contributed by atoms with Crippen molar-refractivity contribution >= 4 is 5.91 Å². The Labute approximate surface area is 149 Å². The first-order valence-electron chi connectivity index (χ1n) is 9.23. The molecule has 2 unspecified atom stereocenters. The summed E-state index contributed by atoms with van der Waals surface area (Å²) in [5, 5.41) is 11.2. The van der Waals surface area contributed by atoms with Crippen molar-refractivity contribution in [1.82, 2.24) is 4.90 Å². The molecule has 25 heavy (non-hydrogen) atoms. The van der Waals surface area contributed by atoms with Crippen LogP contribution in [-0.4, -0.2) is 47.8 Å². The molecule has 5 heteroatoms. The fraction of sp³-hybridized carbons (Fsp3) is 0.650. The monoisotopic (exact) mass is 349 g/mol. The minimum Gasteiger partial charge on any atom is -0.389 e. The summed E-state index contributed by atoms with van der Waals surface area (Å²) >= 11 is 0. The van der Waals surface area contributed by atoms with Gasteiger partial charge < -0.3 is 14.7 Å². The SMILES string of the molecule is Cc1cc(CC(=O)N2CCC(O)(C3CCOCC3)C(C)C2)ccc1F. The maximum atomic E-state index is 13.4. The van der Waals surface area contributed by atoms with Gasteiger partial charge in [0, 0.05) is 32.2 Å². The van der Waals surface area contributed by atoms with Gasteiger partial charge in [0.2, 0.25) is 5.91 Å². The lowest BCUT2D eigenvalue weighted by molar-refractivity contribution is -0.150. The molecule has 0 aliphatic carbocycles. The summed E-state index contributed by atoms with van der Waals surface area (Å²) in [6, 6.07) is 4.83. The lowest BCUT2D eigenvalue weighted by atomic mass is 9.70. The van der Waals surface area contributed by atoms with E-state index in [-0.39, 0.29) is 30.0 Å². The average molecular weight is 349 g/mol. The van der Waals surface area contributed by atoms with E-state index in [1.54, 1.807) is 19.1 Å². The van der Waals surface area contributed by atoms with Crippen LogP contribution in [0.3, 0.4) is 0 Å². The van der Waals surface area contributed by atoms with E-state index < -0.39 is 5.60 Å². The van der Waals surface area contributed by atoms with Gasteiger partial charge in [0.15, 0.2) is 0 Å². The third-order valence-corrected chi connectivity index (χ3v) is 5.99. The topological polar surface area (TPSA) is 49.8 Å². The van der Waals surface area contributed by atoms with E-state index in [0.717, 1.165) is 18.4 Å². The molecule has 138 valence electrons. The molecule has 1 N–H and O–H groups in total. The number of nitrogens with zero attached hydrogens (tertiary/aromatic N) is 1. The molecule has 1 amide bonds. The summed E-state index contributed by atoms with van der Waals surface area (Å²) in [5.41, 5.74) is 0.695. The number of carbonyl (C=O) groups excluding carboxylic acids is 1. The summed E-state index contributed by atoms with van der Waals surface area (Å²) in [4.78, 5) is 14.5. The Morgan fingerprint density at radius 2 is 2.12 bits per heavy atom. The Morgan fingerprint density at radius 1 is 1.40 bits per heavy atom. The molecule has 2 fully saturated rings. The molecular formula is C20H28FNO3. The summed E-state index contributed by atoms with van der Waals surface area (Å²) in [6.07, 6.45) is 2.68. The average Bonchev–Trinajstić information content (AvgIpc) is 2.61. The lowest BCUT2D eigenvalue weighted by Gasteiger charge is -2.48. The number of likely N-dealkylation sites (tertiary alicyclic amines) is 1. The first-order valence-corrected chi connectivity index (χ1v) is 9.23. The lowest BCUT2D eigenvalue weighted by Crippen LogP contribution is -2.57. The third kappa shape index (κ3) is 3.87. The van der Waals surface area contributed by atoms with Gasteiger partial charge in [0.05, 0.1) is 12.0 Å². The minimum absolute atomic E-state index is 0.0447. The van der Waals surface area contributed by atoms with Crippen LogP contribution in [0, 0.1) is 24.6 Å². The second-order valence-electron chi connectivity index (χ2n) is 7.63. The van der Waals surface area contributed by atoms with Gasteiger partial charge in [0.25, 0.3) is 0 Å². The number of hydrogen-bond acceptors (Lipinski definition) is 3. The van der Waals surface area contributed by atoms with Crippen molar-refractivity contribution in [2.24, 2.45) is 11.8 Å². The second kappa shape index (κ2) is 7.42. The number of amides is 1. The van der Waals surface area contributed by atoms with Gasteiger partial charge in [0.1, 0.15) is 5.82 Å². The van der Waals surface area contributed by atoms with Gasteiger partial charge in [-0.05, 0) is 49.3 Å². The van der Waals surface area contributed by atoms with E-state index in [0.29, 0.717) is 38.3 Å². The maximum absolute atomic E-state index is 13.4. The molecule has 1 aromatic carbocycles. The van der Waals surface area contributed by atoms with Crippen LogP contribution in [0.1, 0.15) is 37.3 Å². The van der Waals surface area contributed by atoms with Gasteiger partial charge in [-0.3, -0.25) is 4.79 Å². The number of aliphatic hydroxyl groups is 1. The summed E-state index contributed by atoms with van der Waals surface area (Å²) in [7, 11) is 0. The number of rotatable bonds is 3. The second-order valence-corrected chi connectivity index (χ2v) is 7.63. The van der Waals surface area contributed by atoms with Crippen LogP contribution in [0.4, 0.5) is 4.39 Å². The zero-order chi connectivity index (χ0) is 18.0. The maximum Gasteiger partial charge on any atom is 0.227 e. The van der Waals surface area contributed by atoms with Crippen LogP contribution < -0.4 is 0 Å². The van der Waals surface area contributed by atoms with Crippen molar-refractivity contribution in [3.05, 3.63) is 35.1 Å². The fourth-order valence-electron chi connectivity index (χ4n) is 4.27. The molecule has 2 atom stereocenters. The van der Waals surface area contributed by atoms with Gasteiger partial charge in [-0.25, -0.2) is 4.39 Å². The molecular weight excluding hydrogens is 321 g/mol. The number of hydrogen-bond donors (Lipinski definition) is 1. The Morgan fingerprint density at radius 3 is 2.76 bits per heavy atom. The molecule has 4 nitrogen and oxygen atoms in total. The fourth-order valence-corrected chi connectivity index (χ4v) is 4.27. The molecule has 2 aliphatic heterocycles. The Balaban J connectivity index is 1.61. The normalized spacial score (nSPS) is 28.2. The van der Waals surface area contributed by atoms with Crippen molar-refractivity contribution in [3.63, 3.8) is 0 Å². The van der Waals surface area contributed by atoms with E-state index in [4.69, 9.17) is 4.74 Å². The third-order valence-electron chi connectivity index (χ3n) is 5.99. The number of piperidine rings is 1. The highest BCUT2D eigenvalue weighted by Gasteiger charge is 2.45. The van der Waals surface area contributed by atoms with E-state index >= 15 is 0 Å². The predicted octanol–water partition coefficient (Wildman–Crippen LogP) is 2.70. The molecule has 0 aromatic heterocycles. The minimum atomic E-state index is -0.701. The first kappa shape index (κ1) is 18.3. The summed E-state index contributed by atoms with van der Waals surface area (Å²) < 4.78 is 18.8. The Kier molecular flexibility index (Phi) is 5.44. The van der Waals surface area contributed by atoms with Crippen molar-refractivity contribution in [3.8, 4) is 0 Å². The summed E-state index contributed by atoms with van der Waals surface area (Å²) in [5.74, 6) is 0.104. The Bertz CT molecular complexity index is 629. The van der Waals surface area contributed by atoms with Crippen LogP contribution in [0.25, 0.3) is 0 Å². The number of halogens is 1. The zero-order valence-electron chi connectivity index (χ0n) is 15.1. The molecule has 0 saturated carbocycles. The summed E-state index contributed by atoms with van der Waals surface area (Å²) in [6.45, 7) is 6.33.